The Morgan fingerprint density at radius 2 is 1.87 bits per heavy atom. The van der Waals surface area contributed by atoms with E-state index in [9.17, 15) is 4.79 Å². The minimum atomic E-state index is 0.0255. The molecule has 0 unspecified atom stereocenters. The lowest BCUT2D eigenvalue weighted by Crippen LogP contribution is -2.25. The van der Waals surface area contributed by atoms with E-state index in [1.807, 2.05) is 54.6 Å². The minimum Gasteiger partial charge on any atom is -0.497 e. The van der Waals surface area contributed by atoms with Crippen molar-refractivity contribution in [3.8, 4) is 11.5 Å². The Labute approximate surface area is 141 Å². The van der Waals surface area contributed by atoms with E-state index in [4.69, 9.17) is 9.47 Å². The molecule has 0 aliphatic rings. The first-order valence-corrected chi connectivity index (χ1v) is 8.58. The summed E-state index contributed by atoms with van der Waals surface area (Å²) in [5.41, 5.74) is 1.02. The van der Waals surface area contributed by atoms with E-state index in [1.165, 1.54) is 0 Å². The van der Waals surface area contributed by atoms with Gasteiger partial charge in [-0.25, -0.2) is 0 Å². The quantitative estimate of drug-likeness (QED) is 0.717. The van der Waals surface area contributed by atoms with Gasteiger partial charge in [0.05, 0.1) is 19.5 Å². The van der Waals surface area contributed by atoms with Crippen molar-refractivity contribution in [2.45, 2.75) is 6.54 Å². The third kappa shape index (κ3) is 6.65. The van der Waals surface area contributed by atoms with Gasteiger partial charge in [0.25, 0.3) is 0 Å². The first-order valence-electron chi connectivity index (χ1n) is 7.43. The van der Waals surface area contributed by atoms with Gasteiger partial charge in [-0.15, -0.1) is 11.8 Å². The fraction of sp³-hybridized carbons (Fsp3) is 0.278. The van der Waals surface area contributed by atoms with Gasteiger partial charge in [0.1, 0.15) is 11.5 Å². The highest BCUT2D eigenvalue weighted by Gasteiger charge is 2.02. The lowest BCUT2D eigenvalue weighted by molar-refractivity contribution is -0.118. The largest absolute Gasteiger partial charge is 0.497 e. The van der Waals surface area contributed by atoms with Crippen LogP contribution in [-0.2, 0) is 11.3 Å². The number of para-hydroxylation sites is 1. The smallest absolute Gasteiger partial charge is 0.230 e. The molecule has 122 valence electrons. The van der Waals surface area contributed by atoms with Crippen molar-refractivity contribution in [1.82, 2.24) is 5.32 Å². The summed E-state index contributed by atoms with van der Waals surface area (Å²) >= 11 is 1.56. The molecular formula is C18H21NO3S. The third-order valence-corrected chi connectivity index (χ3v) is 4.02. The van der Waals surface area contributed by atoms with E-state index >= 15 is 0 Å². The summed E-state index contributed by atoms with van der Waals surface area (Å²) in [6.07, 6.45) is 0. The zero-order chi connectivity index (χ0) is 16.3. The van der Waals surface area contributed by atoms with Crippen LogP contribution in [0.25, 0.3) is 0 Å². The fourth-order valence-corrected chi connectivity index (χ4v) is 2.57. The van der Waals surface area contributed by atoms with E-state index in [-0.39, 0.29) is 5.91 Å². The van der Waals surface area contributed by atoms with E-state index in [0.29, 0.717) is 18.9 Å². The van der Waals surface area contributed by atoms with E-state index in [1.54, 1.807) is 18.9 Å². The molecule has 0 atom stereocenters. The summed E-state index contributed by atoms with van der Waals surface area (Å²) in [5.74, 6) is 2.89. The topological polar surface area (TPSA) is 47.6 Å². The summed E-state index contributed by atoms with van der Waals surface area (Å²) in [5, 5.41) is 2.90. The summed E-state index contributed by atoms with van der Waals surface area (Å²) in [7, 11) is 1.63. The van der Waals surface area contributed by atoms with Crippen molar-refractivity contribution in [1.29, 1.82) is 0 Å². The number of rotatable bonds is 9. The fourth-order valence-electron chi connectivity index (χ4n) is 1.93. The van der Waals surface area contributed by atoms with Crippen molar-refractivity contribution in [3.63, 3.8) is 0 Å². The van der Waals surface area contributed by atoms with Crippen molar-refractivity contribution >= 4 is 17.7 Å². The molecule has 0 radical (unpaired) electrons. The van der Waals surface area contributed by atoms with Crippen LogP contribution in [0.15, 0.2) is 54.6 Å². The van der Waals surface area contributed by atoms with E-state index in [2.05, 4.69) is 5.32 Å². The van der Waals surface area contributed by atoms with Gasteiger partial charge in [-0.3, -0.25) is 4.79 Å². The van der Waals surface area contributed by atoms with Crippen LogP contribution in [0.5, 0.6) is 11.5 Å². The molecule has 0 saturated heterocycles. The number of ether oxygens (including phenoxy) is 2. The molecule has 0 aromatic heterocycles. The number of amides is 1. The maximum atomic E-state index is 11.8. The van der Waals surface area contributed by atoms with E-state index < -0.39 is 0 Å². The predicted octanol–water partition coefficient (Wildman–Crippen LogP) is 3.12. The number of hydrogen-bond acceptors (Lipinski definition) is 4. The van der Waals surface area contributed by atoms with Gasteiger partial charge < -0.3 is 14.8 Å². The average molecular weight is 331 g/mol. The van der Waals surface area contributed by atoms with Gasteiger partial charge in [0.15, 0.2) is 0 Å². The van der Waals surface area contributed by atoms with Crippen LogP contribution in [0.4, 0.5) is 0 Å². The minimum absolute atomic E-state index is 0.0255. The molecule has 2 aromatic rings. The van der Waals surface area contributed by atoms with Crippen LogP contribution in [0.1, 0.15) is 5.56 Å². The van der Waals surface area contributed by atoms with Crippen LogP contribution in [-0.4, -0.2) is 31.1 Å². The van der Waals surface area contributed by atoms with Crippen LogP contribution >= 0.6 is 11.8 Å². The number of carbonyl (C=O) groups excluding carboxylic acids is 1. The van der Waals surface area contributed by atoms with Crippen molar-refractivity contribution in [2.24, 2.45) is 0 Å². The number of nitrogens with one attached hydrogen (secondary N) is 1. The van der Waals surface area contributed by atoms with Crippen LogP contribution in [0.2, 0.25) is 0 Å². The van der Waals surface area contributed by atoms with Gasteiger partial charge in [0, 0.05) is 12.3 Å². The summed E-state index contributed by atoms with van der Waals surface area (Å²) < 4.78 is 10.7. The Morgan fingerprint density at radius 3 is 2.65 bits per heavy atom. The van der Waals surface area contributed by atoms with Gasteiger partial charge in [-0.05, 0) is 29.8 Å². The van der Waals surface area contributed by atoms with Crippen molar-refractivity contribution < 1.29 is 14.3 Å². The molecule has 4 nitrogen and oxygen atoms in total. The van der Waals surface area contributed by atoms with Crippen LogP contribution in [0.3, 0.4) is 0 Å². The number of carbonyl (C=O) groups is 1. The molecule has 1 N–H and O–H groups in total. The number of hydrogen-bond donors (Lipinski definition) is 1. The molecule has 5 heteroatoms. The van der Waals surface area contributed by atoms with Gasteiger partial charge >= 0.3 is 0 Å². The van der Waals surface area contributed by atoms with Gasteiger partial charge in [0.2, 0.25) is 5.91 Å². The lowest BCUT2D eigenvalue weighted by Gasteiger charge is -2.08. The molecular weight excluding hydrogens is 310 g/mol. The molecule has 0 fully saturated rings. The Morgan fingerprint density at radius 1 is 1.09 bits per heavy atom. The zero-order valence-corrected chi connectivity index (χ0v) is 14.0. The summed E-state index contributed by atoms with van der Waals surface area (Å²) in [4.78, 5) is 11.8. The first-order chi connectivity index (χ1) is 11.3. The van der Waals surface area contributed by atoms with Crippen molar-refractivity contribution in [2.75, 3.05) is 25.2 Å². The average Bonchev–Trinajstić information content (AvgIpc) is 2.61. The van der Waals surface area contributed by atoms with Crippen LogP contribution < -0.4 is 14.8 Å². The third-order valence-electron chi connectivity index (χ3n) is 3.10. The first kappa shape index (κ1) is 17.2. The molecule has 0 heterocycles. The highest BCUT2D eigenvalue weighted by atomic mass is 32.2. The predicted molar refractivity (Wildman–Crippen MR) is 94.1 cm³/mol. The van der Waals surface area contributed by atoms with Gasteiger partial charge in [-0.2, -0.15) is 0 Å². The Balaban J connectivity index is 1.58. The summed E-state index contributed by atoms with van der Waals surface area (Å²) in [6.45, 7) is 1.11. The van der Waals surface area contributed by atoms with Gasteiger partial charge in [-0.1, -0.05) is 30.3 Å². The lowest BCUT2D eigenvalue weighted by atomic mass is 10.2. The second kappa shape index (κ2) is 9.79. The van der Waals surface area contributed by atoms with Crippen molar-refractivity contribution in [3.05, 3.63) is 60.2 Å². The molecule has 1 amide bonds. The second-order valence-corrected chi connectivity index (χ2v) is 5.95. The molecule has 0 aliphatic carbocycles. The Kier molecular flexibility index (Phi) is 7.33. The maximum Gasteiger partial charge on any atom is 0.230 e. The SMILES string of the molecule is COc1cccc(CNC(=O)CSCCOc2ccccc2)c1. The molecule has 0 aliphatic heterocycles. The molecule has 0 bridgehead atoms. The standard InChI is InChI=1S/C18H21NO3S/c1-21-17-9-5-6-15(12-17)13-19-18(20)14-23-11-10-22-16-7-3-2-4-8-16/h2-9,12H,10-11,13-14H2,1H3,(H,19,20). The molecule has 2 aromatic carbocycles. The number of methoxy groups -OCH3 is 1. The number of benzene rings is 2. The Hall–Kier alpha value is -2.14. The summed E-state index contributed by atoms with van der Waals surface area (Å²) in [6, 6.07) is 17.4. The molecule has 2 rings (SSSR count). The van der Waals surface area contributed by atoms with E-state index in [0.717, 1.165) is 22.8 Å². The van der Waals surface area contributed by atoms with Crippen LogP contribution in [0, 0.1) is 0 Å². The highest BCUT2D eigenvalue weighted by molar-refractivity contribution is 7.99. The number of thioether (sulfide) groups is 1. The zero-order valence-electron chi connectivity index (χ0n) is 13.2. The molecule has 23 heavy (non-hydrogen) atoms. The maximum absolute atomic E-state index is 11.8. The normalized spacial score (nSPS) is 10.1. The Bertz CT molecular complexity index is 604. The highest BCUT2D eigenvalue weighted by Crippen LogP contribution is 2.12. The second-order valence-electron chi connectivity index (χ2n) is 4.84. The monoisotopic (exact) mass is 331 g/mol. The molecule has 0 spiro atoms. The molecule has 0 saturated carbocycles.